The van der Waals surface area contributed by atoms with Crippen molar-refractivity contribution in [3.8, 4) is 0 Å². The van der Waals surface area contributed by atoms with Crippen LogP contribution < -0.4 is 10.2 Å². The van der Waals surface area contributed by atoms with Gasteiger partial charge in [0.15, 0.2) is 17.9 Å². The summed E-state index contributed by atoms with van der Waals surface area (Å²) in [4.78, 5) is 14.0. The van der Waals surface area contributed by atoms with E-state index in [0.717, 1.165) is 0 Å². The third kappa shape index (κ3) is 4.80. The first-order chi connectivity index (χ1) is 15.5. The van der Waals surface area contributed by atoms with E-state index in [1.807, 2.05) is 18.7 Å². The Kier molecular flexibility index (Phi) is 7.09. The summed E-state index contributed by atoms with van der Waals surface area (Å²) in [7, 11) is 0. The summed E-state index contributed by atoms with van der Waals surface area (Å²) in [5.74, 6) is -0.560. The molecule has 3 heterocycles. The topological polar surface area (TPSA) is 116 Å². The van der Waals surface area contributed by atoms with E-state index >= 15 is 4.39 Å². The standard InChI is InChI=1S/C21H28FN3O7/c1-12-10-25(11-13(2)31-12)17-14(20-28-7-8-29-20)9-15-18(16(17)22)32-24-19(15)23-21(27)30-6-4-3-5-26/h9,12-13,20,26H,3-8,10-11H2,1-2H3,(H,23,24,27). The molecule has 2 fully saturated rings. The highest BCUT2D eigenvalue weighted by molar-refractivity contribution is 5.98. The molecule has 2 atom stereocenters. The van der Waals surface area contributed by atoms with E-state index in [0.29, 0.717) is 50.4 Å². The van der Waals surface area contributed by atoms with Gasteiger partial charge in [0, 0.05) is 25.3 Å². The number of rotatable bonds is 7. The van der Waals surface area contributed by atoms with Crippen molar-refractivity contribution in [2.24, 2.45) is 0 Å². The number of nitrogens with zero attached hydrogens (tertiary/aromatic N) is 2. The quantitative estimate of drug-likeness (QED) is 0.611. The molecule has 11 heteroatoms. The fourth-order valence-electron chi connectivity index (χ4n) is 4.05. The summed E-state index contributed by atoms with van der Waals surface area (Å²) < 4.78 is 43.2. The largest absolute Gasteiger partial charge is 0.449 e. The van der Waals surface area contributed by atoms with Crippen molar-refractivity contribution >= 4 is 28.6 Å². The first-order valence-corrected chi connectivity index (χ1v) is 10.8. The smallest absolute Gasteiger partial charge is 0.412 e. The highest BCUT2D eigenvalue weighted by atomic mass is 19.1. The Bertz CT molecular complexity index is 937. The Labute approximate surface area is 184 Å². The molecule has 2 aromatic rings. The molecular weight excluding hydrogens is 425 g/mol. The van der Waals surface area contributed by atoms with Crippen LogP contribution in [0.5, 0.6) is 0 Å². The van der Waals surface area contributed by atoms with Crippen molar-refractivity contribution in [1.82, 2.24) is 5.16 Å². The van der Waals surface area contributed by atoms with Gasteiger partial charge in [-0.25, -0.2) is 9.18 Å². The second-order valence-corrected chi connectivity index (χ2v) is 7.96. The number of ether oxygens (including phenoxy) is 4. The Morgan fingerprint density at radius 2 is 2.00 bits per heavy atom. The molecule has 0 aliphatic carbocycles. The predicted molar refractivity (Wildman–Crippen MR) is 112 cm³/mol. The van der Waals surface area contributed by atoms with Gasteiger partial charge in [0.05, 0.1) is 43.1 Å². The Morgan fingerprint density at radius 3 is 2.69 bits per heavy atom. The highest BCUT2D eigenvalue weighted by Gasteiger charge is 2.33. The molecule has 0 bridgehead atoms. The number of fused-ring (bicyclic) bond motifs is 1. The van der Waals surface area contributed by atoms with Gasteiger partial charge in [-0.2, -0.15) is 0 Å². The molecule has 2 N–H and O–H groups in total. The molecule has 176 valence electrons. The zero-order chi connectivity index (χ0) is 22.7. The molecule has 2 unspecified atom stereocenters. The molecule has 10 nitrogen and oxygen atoms in total. The summed E-state index contributed by atoms with van der Waals surface area (Å²) >= 11 is 0. The minimum Gasteiger partial charge on any atom is -0.449 e. The number of hydrogen-bond acceptors (Lipinski definition) is 9. The maximum Gasteiger partial charge on any atom is 0.412 e. The number of anilines is 2. The maximum absolute atomic E-state index is 15.8. The summed E-state index contributed by atoms with van der Waals surface area (Å²) in [6, 6.07) is 1.67. The van der Waals surface area contributed by atoms with Gasteiger partial charge in [0.2, 0.25) is 5.58 Å². The van der Waals surface area contributed by atoms with E-state index < -0.39 is 18.2 Å². The molecule has 2 aliphatic rings. The molecule has 2 aliphatic heterocycles. The molecule has 0 radical (unpaired) electrons. The normalized spacial score (nSPS) is 21.9. The van der Waals surface area contributed by atoms with E-state index in [-0.39, 0.29) is 42.2 Å². The van der Waals surface area contributed by atoms with Gasteiger partial charge in [-0.05, 0) is 32.8 Å². The fourth-order valence-corrected chi connectivity index (χ4v) is 4.05. The van der Waals surface area contributed by atoms with Gasteiger partial charge in [-0.3, -0.25) is 5.32 Å². The lowest BCUT2D eigenvalue weighted by Crippen LogP contribution is -2.46. The number of nitrogens with one attached hydrogen (secondary N) is 1. The van der Waals surface area contributed by atoms with Crippen molar-refractivity contribution < 1.29 is 37.8 Å². The summed E-state index contributed by atoms with van der Waals surface area (Å²) in [6.45, 7) is 5.81. The van der Waals surface area contributed by atoms with Crippen molar-refractivity contribution in [1.29, 1.82) is 0 Å². The predicted octanol–water partition coefficient (Wildman–Crippen LogP) is 2.95. The Morgan fingerprint density at radius 1 is 1.28 bits per heavy atom. The van der Waals surface area contributed by atoms with Gasteiger partial charge in [0.25, 0.3) is 0 Å². The van der Waals surface area contributed by atoms with Crippen LogP contribution in [-0.4, -0.2) is 68.1 Å². The van der Waals surface area contributed by atoms with E-state index in [1.165, 1.54) is 0 Å². The Hall–Kier alpha value is -2.47. The number of hydrogen-bond donors (Lipinski definition) is 2. The molecule has 0 saturated carbocycles. The molecule has 1 amide bonds. The molecule has 1 aromatic carbocycles. The third-order valence-electron chi connectivity index (χ3n) is 5.33. The van der Waals surface area contributed by atoms with Crippen molar-refractivity contribution in [3.05, 3.63) is 17.4 Å². The molecule has 0 spiro atoms. The second kappa shape index (κ2) is 9.99. The van der Waals surface area contributed by atoms with Crippen molar-refractivity contribution in [2.75, 3.05) is 49.7 Å². The van der Waals surface area contributed by atoms with Crippen LogP contribution in [0.2, 0.25) is 0 Å². The number of carbonyl (C=O) groups is 1. The number of unbranched alkanes of at least 4 members (excludes halogenated alkanes) is 1. The van der Waals surface area contributed by atoms with Crippen LogP contribution in [0.3, 0.4) is 0 Å². The van der Waals surface area contributed by atoms with Gasteiger partial charge >= 0.3 is 6.09 Å². The van der Waals surface area contributed by atoms with Gasteiger partial charge < -0.3 is 33.5 Å². The number of aromatic nitrogens is 1. The number of aliphatic hydroxyl groups excluding tert-OH is 1. The van der Waals surface area contributed by atoms with E-state index in [2.05, 4.69) is 10.5 Å². The number of halogens is 1. The lowest BCUT2D eigenvalue weighted by molar-refractivity contribution is -0.0445. The average Bonchev–Trinajstić information content (AvgIpc) is 3.41. The lowest BCUT2D eigenvalue weighted by Gasteiger charge is -2.38. The average molecular weight is 453 g/mol. The summed E-state index contributed by atoms with van der Waals surface area (Å²) in [5, 5.41) is 15.4. The first kappa shape index (κ1) is 22.7. The third-order valence-corrected chi connectivity index (χ3v) is 5.33. The van der Waals surface area contributed by atoms with E-state index in [9.17, 15) is 4.79 Å². The van der Waals surface area contributed by atoms with Crippen molar-refractivity contribution in [2.45, 2.75) is 45.2 Å². The van der Waals surface area contributed by atoms with Gasteiger partial charge in [-0.1, -0.05) is 5.16 Å². The summed E-state index contributed by atoms with van der Waals surface area (Å²) in [5.41, 5.74) is 0.737. The fraction of sp³-hybridized carbons (Fsp3) is 0.619. The van der Waals surface area contributed by atoms with Crippen LogP contribution in [0.25, 0.3) is 11.0 Å². The molecule has 2 saturated heterocycles. The van der Waals surface area contributed by atoms with Crippen LogP contribution in [0.15, 0.2) is 10.6 Å². The maximum atomic E-state index is 15.8. The van der Waals surface area contributed by atoms with E-state index in [1.54, 1.807) is 6.07 Å². The molecule has 1 aromatic heterocycles. The minimum absolute atomic E-state index is 0.0231. The zero-order valence-electron chi connectivity index (χ0n) is 18.1. The lowest BCUT2D eigenvalue weighted by atomic mass is 10.1. The van der Waals surface area contributed by atoms with Crippen LogP contribution in [0.4, 0.5) is 20.7 Å². The number of benzene rings is 1. The monoisotopic (exact) mass is 453 g/mol. The van der Waals surface area contributed by atoms with Crippen LogP contribution >= 0.6 is 0 Å². The highest BCUT2D eigenvalue weighted by Crippen LogP contribution is 2.41. The van der Waals surface area contributed by atoms with Crippen LogP contribution in [-0.2, 0) is 18.9 Å². The van der Waals surface area contributed by atoms with Crippen LogP contribution in [0, 0.1) is 5.82 Å². The molecular formula is C21H28FN3O7. The minimum atomic E-state index is -0.745. The van der Waals surface area contributed by atoms with Gasteiger partial charge in [0.1, 0.15) is 0 Å². The zero-order valence-corrected chi connectivity index (χ0v) is 18.1. The van der Waals surface area contributed by atoms with Crippen molar-refractivity contribution in [3.63, 3.8) is 0 Å². The number of morpholine rings is 1. The van der Waals surface area contributed by atoms with E-state index in [4.69, 9.17) is 28.6 Å². The first-order valence-electron chi connectivity index (χ1n) is 10.8. The second-order valence-electron chi connectivity index (χ2n) is 7.96. The SMILES string of the molecule is CC1CN(c2c(C3OCCO3)cc3c(NC(=O)OCCCCO)noc3c2F)CC(C)O1. The van der Waals surface area contributed by atoms with Gasteiger partial charge in [-0.15, -0.1) is 0 Å². The Balaban J connectivity index is 1.66. The molecule has 4 rings (SSSR count). The van der Waals surface area contributed by atoms with Crippen LogP contribution in [0.1, 0.15) is 38.5 Å². The molecule has 32 heavy (non-hydrogen) atoms. The number of carbonyl (C=O) groups excluding carboxylic acids is 1. The number of aliphatic hydroxyl groups is 1. The summed E-state index contributed by atoms with van der Waals surface area (Å²) in [6.07, 6.45) is -0.603. The number of amides is 1.